The number of hydrogen-bond acceptors (Lipinski definition) is 4. The summed E-state index contributed by atoms with van der Waals surface area (Å²) in [5.74, 6) is -0.321. The lowest BCUT2D eigenvalue weighted by Gasteiger charge is -2.18. The highest BCUT2D eigenvalue weighted by atomic mass is 32.1. The molecule has 0 saturated heterocycles. The molecule has 168 valence electrons. The number of rotatable bonds is 6. The molecule has 0 atom stereocenters. The fourth-order valence-corrected chi connectivity index (χ4v) is 3.86. The Bertz CT molecular complexity index is 1110. The number of carbonyl (C=O) groups excluding carboxylic acids is 2. The number of thiazole rings is 1. The summed E-state index contributed by atoms with van der Waals surface area (Å²) in [4.78, 5) is 38.0. The molecule has 2 rings (SSSR count). The van der Waals surface area contributed by atoms with Crippen LogP contribution in [0.4, 0.5) is 0 Å². The molecule has 2 aromatic rings. The molecule has 0 spiro atoms. The van der Waals surface area contributed by atoms with Crippen molar-refractivity contribution >= 4 is 35.2 Å². The second-order valence-electron chi connectivity index (χ2n) is 9.82. The van der Waals surface area contributed by atoms with Gasteiger partial charge in [0, 0.05) is 18.0 Å². The summed E-state index contributed by atoms with van der Waals surface area (Å²) >= 11 is 1.24. The first-order chi connectivity index (χ1) is 14.3. The molecule has 0 aliphatic carbocycles. The number of amides is 1. The van der Waals surface area contributed by atoms with E-state index in [1.165, 1.54) is 27.5 Å². The maximum Gasteiger partial charge on any atom is 0.269 e. The number of hydrogen-bond donors (Lipinski definition) is 1. The highest BCUT2D eigenvalue weighted by molar-refractivity contribution is 7.07. The third-order valence-electron chi connectivity index (χ3n) is 4.88. The average Bonchev–Trinajstić information content (AvgIpc) is 2.94. The molecule has 1 heterocycles. The highest BCUT2D eigenvalue weighted by Gasteiger charge is 2.20. The monoisotopic (exact) mass is 442 g/mol. The van der Waals surface area contributed by atoms with E-state index in [9.17, 15) is 14.4 Å². The van der Waals surface area contributed by atoms with Gasteiger partial charge in [-0.05, 0) is 29.0 Å². The van der Waals surface area contributed by atoms with Crippen LogP contribution < -0.4 is 20.1 Å². The molecule has 1 amide bonds. The fourth-order valence-electron chi connectivity index (χ4n) is 2.82. The van der Waals surface area contributed by atoms with E-state index in [2.05, 4.69) is 38.2 Å². The van der Waals surface area contributed by atoms with Crippen molar-refractivity contribution in [2.75, 3.05) is 6.54 Å². The first-order valence-electron chi connectivity index (χ1n) is 10.7. The number of nitrogens with zero attached hydrogens (tertiary/aromatic N) is 1. The van der Waals surface area contributed by atoms with Gasteiger partial charge in [-0.2, -0.15) is 0 Å². The van der Waals surface area contributed by atoms with E-state index in [1.807, 2.05) is 45.9 Å². The Labute approximate surface area is 188 Å². The lowest BCUT2D eigenvalue weighted by atomic mass is 9.87. The van der Waals surface area contributed by atoms with E-state index in [0.717, 1.165) is 12.0 Å². The van der Waals surface area contributed by atoms with Crippen LogP contribution in [0.3, 0.4) is 0 Å². The largest absolute Gasteiger partial charge is 0.355 e. The average molecular weight is 443 g/mol. The summed E-state index contributed by atoms with van der Waals surface area (Å²) in [5, 5.41) is 2.80. The molecule has 5 nitrogen and oxygen atoms in total. The topological polar surface area (TPSA) is 68.2 Å². The Balaban J connectivity index is 2.56. The van der Waals surface area contributed by atoms with Crippen LogP contribution in [-0.2, 0) is 21.5 Å². The van der Waals surface area contributed by atoms with Crippen LogP contribution in [0.1, 0.15) is 66.0 Å². The van der Waals surface area contributed by atoms with Crippen LogP contribution in [0.25, 0.3) is 12.2 Å². The molecular weight excluding hydrogens is 408 g/mol. The smallest absolute Gasteiger partial charge is 0.269 e. The highest BCUT2D eigenvalue weighted by Crippen LogP contribution is 2.22. The molecule has 0 aliphatic rings. The van der Waals surface area contributed by atoms with Gasteiger partial charge in [0.2, 0.25) is 5.91 Å². The van der Waals surface area contributed by atoms with E-state index in [4.69, 9.17) is 0 Å². The van der Waals surface area contributed by atoms with Crippen LogP contribution in [0.5, 0.6) is 0 Å². The maximum atomic E-state index is 13.1. The summed E-state index contributed by atoms with van der Waals surface area (Å²) in [6, 6.07) is 8.10. The number of carbonyl (C=O) groups is 2. The Kier molecular flexibility index (Phi) is 7.82. The molecule has 31 heavy (non-hydrogen) atoms. The minimum absolute atomic E-state index is 0.0511. The molecule has 0 radical (unpaired) electrons. The molecule has 1 aromatic carbocycles. The predicted octanol–water partition coefficient (Wildman–Crippen LogP) is 2.96. The number of ketones is 1. The minimum atomic E-state index is -0.567. The Morgan fingerprint density at radius 3 is 2.19 bits per heavy atom. The number of aromatic nitrogens is 1. The van der Waals surface area contributed by atoms with Gasteiger partial charge in [-0.3, -0.25) is 19.0 Å². The number of benzene rings is 1. The second kappa shape index (κ2) is 9.77. The van der Waals surface area contributed by atoms with E-state index in [0.29, 0.717) is 15.7 Å². The lowest BCUT2D eigenvalue weighted by molar-refractivity contribution is -0.122. The number of Topliss-reactive ketones (excluding diaryl/α,β-unsaturated/α-hetero) is 1. The minimum Gasteiger partial charge on any atom is -0.355 e. The van der Waals surface area contributed by atoms with Crippen LogP contribution in [-0.4, -0.2) is 22.8 Å². The van der Waals surface area contributed by atoms with Crippen molar-refractivity contribution in [2.45, 2.75) is 66.8 Å². The van der Waals surface area contributed by atoms with Crippen molar-refractivity contribution in [2.24, 2.45) is 5.41 Å². The Morgan fingerprint density at radius 1 is 1.06 bits per heavy atom. The fraction of sp³-hybridized carbons (Fsp3) is 0.480. The molecule has 1 aromatic heterocycles. The molecular formula is C25H34N2O3S. The van der Waals surface area contributed by atoms with E-state index in [-0.39, 0.29) is 29.2 Å². The predicted molar refractivity (Wildman–Crippen MR) is 129 cm³/mol. The van der Waals surface area contributed by atoms with Gasteiger partial charge in [0.25, 0.3) is 5.56 Å². The van der Waals surface area contributed by atoms with E-state index >= 15 is 0 Å². The SMILES string of the molecule is CCCNC(=O)Cn1c(=O)/c(=C/c2ccc(C(C)(C)C)cc2)s/c1=C\C(=O)C(C)(C)C. The van der Waals surface area contributed by atoms with Gasteiger partial charge in [-0.25, -0.2) is 0 Å². The standard InChI is InChI=1S/C25H34N2O3S/c1-8-13-26-21(29)16-27-22(15-20(28)25(5,6)7)31-19(23(27)30)14-17-9-11-18(12-10-17)24(2,3)4/h9-12,14-15H,8,13,16H2,1-7H3,(H,26,29)/b19-14-,22-15-. The van der Waals surface area contributed by atoms with Crippen molar-refractivity contribution in [3.05, 3.63) is 54.9 Å². The zero-order valence-electron chi connectivity index (χ0n) is 19.7. The summed E-state index contributed by atoms with van der Waals surface area (Å²) in [6.07, 6.45) is 4.12. The van der Waals surface area contributed by atoms with Crippen LogP contribution in [0.15, 0.2) is 29.1 Å². The van der Waals surface area contributed by atoms with E-state index < -0.39 is 5.41 Å². The van der Waals surface area contributed by atoms with Crippen molar-refractivity contribution in [1.82, 2.24) is 9.88 Å². The quantitative estimate of drug-likeness (QED) is 0.748. The van der Waals surface area contributed by atoms with Crippen molar-refractivity contribution in [3.63, 3.8) is 0 Å². The third kappa shape index (κ3) is 6.76. The van der Waals surface area contributed by atoms with Gasteiger partial charge in [-0.1, -0.05) is 72.7 Å². The lowest BCUT2D eigenvalue weighted by Crippen LogP contribution is -2.38. The van der Waals surface area contributed by atoms with Gasteiger partial charge in [0.15, 0.2) is 5.78 Å². The van der Waals surface area contributed by atoms with Crippen LogP contribution in [0, 0.1) is 5.41 Å². The van der Waals surface area contributed by atoms with Gasteiger partial charge < -0.3 is 5.32 Å². The molecule has 6 heteroatoms. The molecule has 0 unspecified atom stereocenters. The van der Waals surface area contributed by atoms with E-state index in [1.54, 1.807) is 0 Å². The zero-order valence-corrected chi connectivity index (χ0v) is 20.5. The normalized spacial score (nSPS) is 13.5. The summed E-state index contributed by atoms with van der Waals surface area (Å²) in [7, 11) is 0. The summed E-state index contributed by atoms with van der Waals surface area (Å²) in [5.41, 5.74) is 1.34. The third-order valence-corrected chi connectivity index (χ3v) is 5.94. The molecule has 0 aliphatic heterocycles. The second-order valence-corrected chi connectivity index (χ2v) is 10.9. The van der Waals surface area contributed by atoms with Gasteiger partial charge in [0.05, 0.1) is 4.53 Å². The van der Waals surface area contributed by atoms with Crippen molar-refractivity contribution in [1.29, 1.82) is 0 Å². The molecule has 0 fully saturated rings. The van der Waals surface area contributed by atoms with Crippen LogP contribution in [0.2, 0.25) is 0 Å². The van der Waals surface area contributed by atoms with Gasteiger partial charge >= 0.3 is 0 Å². The summed E-state index contributed by atoms with van der Waals surface area (Å²) in [6.45, 7) is 14.4. The van der Waals surface area contributed by atoms with Crippen LogP contribution >= 0.6 is 11.3 Å². The Hall–Kier alpha value is -2.47. The zero-order chi connectivity index (χ0) is 23.4. The summed E-state index contributed by atoms with van der Waals surface area (Å²) < 4.78 is 2.39. The molecule has 0 saturated carbocycles. The van der Waals surface area contributed by atoms with Crippen molar-refractivity contribution in [3.8, 4) is 0 Å². The first kappa shape index (κ1) is 24.8. The molecule has 1 N–H and O–H groups in total. The van der Waals surface area contributed by atoms with Gasteiger partial charge in [-0.15, -0.1) is 11.3 Å². The Morgan fingerprint density at radius 2 is 1.68 bits per heavy atom. The molecule has 0 bridgehead atoms. The number of nitrogens with one attached hydrogen (secondary N) is 1. The van der Waals surface area contributed by atoms with Gasteiger partial charge in [0.1, 0.15) is 11.2 Å². The maximum absolute atomic E-state index is 13.1. The van der Waals surface area contributed by atoms with Crippen molar-refractivity contribution < 1.29 is 9.59 Å². The first-order valence-corrected chi connectivity index (χ1v) is 11.5.